The van der Waals surface area contributed by atoms with E-state index in [-0.39, 0.29) is 12.4 Å². The number of anilines is 1. The first kappa shape index (κ1) is 20.1. The van der Waals surface area contributed by atoms with Crippen molar-refractivity contribution in [1.29, 1.82) is 0 Å². The van der Waals surface area contributed by atoms with E-state index in [1.165, 1.54) is 0 Å². The Balaban J connectivity index is 1.97. The van der Waals surface area contributed by atoms with Gasteiger partial charge in [0.2, 0.25) is 0 Å². The van der Waals surface area contributed by atoms with Crippen LogP contribution in [-0.4, -0.2) is 23.5 Å². The van der Waals surface area contributed by atoms with Gasteiger partial charge in [-0.15, -0.1) is 5.10 Å². The van der Waals surface area contributed by atoms with Gasteiger partial charge in [-0.2, -0.15) is 0 Å². The number of ether oxygens (including phenoxy) is 1. The molecule has 1 amide bonds. The van der Waals surface area contributed by atoms with Crippen molar-refractivity contribution in [2.45, 2.75) is 6.92 Å². The molecule has 0 aliphatic rings. The van der Waals surface area contributed by atoms with Gasteiger partial charge in [-0.3, -0.25) is 5.32 Å². The van der Waals surface area contributed by atoms with Gasteiger partial charge >= 0.3 is 6.09 Å². The number of rotatable bonds is 5. The molecular weight excluding hydrogens is 392 g/mol. The van der Waals surface area contributed by atoms with Crippen molar-refractivity contribution in [3.8, 4) is 11.1 Å². The molecule has 0 unspecified atom stereocenters. The lowest BCUT2D eigenvalue weighted by atomic mass is 9.95. The lowest BCUT2D eigenvalue weighted by molar-refractivity contribution is 0.168. The number of nitrogens with one attached hydrogen (secondary N) is 2. The van der Waals surface area contributed by atoms with Crippen LogP contribution in [0.25, 0.3) is 32.8 Å². The molecular formula is C23H22N6O2. The molecule has 0 bridgehead atoms. The van der Waals surface area contributed by atoms with Crippen LogP contribution in [0.4, 0.5) is 10.5 Å². The number of hydrazine groups is 1. The minimum Gasteiger partial charge on any atom is -0.450 e. The first-order chi connectivity index (χ1) is 15.1. The monoisotopic (exact) mass is 414 g/mol. The Kier molecular flexibility index (Phi) is 5.63. The number of carbonyl (C=O) groups excluding carboxylic acids is 1. The van der Waals surface area contributed by atoms with E-state index in [1.54, 1.807) is 13.0 Å². The molecule has 0 aliphatic carbocycles. The number of hydrazone groups is 1. The van der Waals surface area contributed by atoms with Crippen LogP contribution in [0.2, 0.25) is 0 Å². The SMILES string of the molecule is CCOC(=O)Nc1cc(-c2cccc3ccccc23)c2nc(/C(N)=N/NN)ccc2c1. The molecule has 1 aromatic heterocycles. The van der Waals surface area contributed by atoms with Gasteiger partial charge in [-0.25, -0.2) is 21.2 Å². The first-order valence-corrected chi connectivity index (χ1v) is 9.76. The molecule has 8 heteroatoms. The fourth-order valence-corrected chi connectivity index (χ4v) is 3.53. The van der Waals surface area contributed by atoms with Gasteiger partial charge < -0.3 is 10.5 Å². The van der Waals surface area contributed by atoms with Crippen LogP contribution < -0.4 is 22.4 Å². The van der Waals surface area contributed by atoms with Crippen molar-refractivity contribution in [2.24, 2.45) is 16.7 Å². The highest BCUT2D eigenvalue weighted by Crippen LogP contribution is 2.35. The summed E-state index contributed by atoms with van der Waals surface area (Å²) in [5, 5.41) is 9.60. The molecule has 0 atom stereocenters. The van der Waals surface area contributed by atoms with E-state index in [9.17, 15) is 4.79 Å². The fourth-order valence-electron chi connectivity index (χ4n) is 3.53. The van der Waals surface area contributed by atoms with Gasteiger partial charge in [0.25, 0.3) is 0 Å². The minimum absolute atomic E-state index is 0.169. The highest BCUT2D eigenvalue weighted by atomic mass is 16.5. The summed E-state index contributed by atoms with van der Waals surface area (Å²) in [4.78, 5) is 16.8. The Morgan fingerprint density at radius 1 is 1.03 bits per heavy atom. The Labute approximate surface area is 178 Å². The van der Waals surface area contributed by atoms with E-state index in [0.717, 1.165) is 32.8 Å². The molecule has 0 aliphatic heterocycles. The van der Waals surface area contributed by atoms with Crippen molar-refractivity contribution < 1.29 is 9.53 Å². The third kappa shape index (κ3) is 4.10. The molecule has 156 valence electrons. The van der Waals surface area contributed by atoms with Crippen LogP contribution in [0.3, 0.4) is 0 Å². The number of pyridine rings is 1. The number of benzene rings is 3. The summed E-state index contributed by atoms with van der Waals surface area (Å²) in [5.74, 6) is 5.42. The second-order valence-corrected chi connectivity index (χ2v) is 6.79. The van der Waals surface area contributed by atoms with Crippen LogP contribution in [0.1, 0.15) is 12.6 Å². The number of amides is 1. The van der Waals surface area contributed by atoms with E-state index >= 15 is 0 Å². The smallest absolute Gasteiger partial charge is 0.411 e. The zero-order chi connectivity index (χ0) is 21.8. The van der Waals surface area contributed by atoms with Crippen LogP contribution in [0, 0.1) is 0 Å². The van der Waals surface area contributed by atoms with E-state index in [2.05, 4.69) is 34.2 Å². The minimum atomic E-state index is -0.513. The predicted molar refractivity (Wildman–Crippen MR) is 123 cm³/mol. The van der Waals surface area contributed by atoms with Crippen molar-refractivity contribution in [3.05, 3.63) is 72.4 Å². The predicted octanol–water partition coefficient (Wildman–Crippen LogP) is 3.71. The molecule has 0 saturated carbocycles. The van der Waals surface area contributed by atoms with E-state index in [1.807, 2.05) is 42.5 Å². The molecule has 6 N–H and O–H groups in total. The standard InChI is InChI=1S/C23H22N6O2/c1-2-31-23(30)26-16-12-15-10-11-20(22(24)28-29-25)27-21(15)19(13-16)18-9-5-7-14-6-3-4-8-17(14)18/h3-13,29H,2,25H2,1H3,(H2,24,28)(H,26,30). The number of aromatic nitrogens is 1. The van der Waals surface area contributed by atoms with Crippen LogP contribution in [-0.2, 0) is 4.74 Å². The first-order valence-electron chi connectivity index (χ1n) is 9.76. The molecule has 0 radical (unpaired) electrons. The average molecular weight is 414 g/mol. The number of hydrogen-bond acceptors (Lipinski definition) is 6. The summed E-state index contributed by atoms with van der Waals surface area (Å²) < 4.78 is 5.03. The van der Waals surface area contributed by atoms with E-state index < -0.39 is 6.09 Å². The molecule has 31 heavy (non-hydrogen) atoms. The van der Waals surface area contributed by atoms with Crippen LogP contribution >= 0.6 is 0 Å². The Hall–Kier alpha value is -4.17. The Bertz CT molecular complexity index is 1300. The summed E-state index contributed by atoms with van der Waals surface area (Å²) in [6, 6.07) is 21.5. The number of hydrogen-bond donors (Lipinski definition) is 4. The van der Waals surface area contributed by atoms with Gasteiger partial charge in [0.05, 0.1) is 12.1 Å². The molecule has 0 fully saturated rings. The summed E-state index contributed by atoms with van der Waals surface area (Å²) in [5.41, 5.74) is 11.8. The van der Waals surface area contributed by atoms with Crippen LogP contribution in [0.15, 0.2) is 71.8 Å². The lowest BCUT2D eigenvalue weighted by Crippen LogP contribution is -2.23. The summed E-state index contributed by atoms with van der Waals surface area (Å²) in [6.07, 6.45) is -0.513. The maximum Gasteiger partial charge on any atom is 0.411 e. The third-order valence-electron chi connectivity index (χ3n) is 4.84. The van der Waals surface area contributed by atoms with Gasteiger partial charge in [-0.1, -0.05) is 48.5 Å². The molecule has 1 heterocycles. The number of carbonyl (C=O) groups is 1. The van der Waals surface area contributed by atoms with Gasteiger partial charge in [0.15, 0.2) is 5.84 Å². The maximum absolute atomic E-state index is 12.0. The number of nitrogens with zero attached hydrogens (tertiary/aromatic N) is 2. The summed E-state index contributed by atoms with van der Waals surface area (Å²) in [7, 11) is 0. The third-order valence-corrected chi connectivity index (χ3v) is 4.84. The zero-order valence-electron chi connectivity index (χ0n) is 16.9. The zero-order valence-corrected chi connectivity index (χ0v) is 16.9. The van der Waals surface area contributed by atoms with Crippen molar-refractivity contribution in [1.82, 2.24) is 10.5 Å². The molecule has 0 spiro atoms. The highest BCUT2D eigenvalue weighted by molar-refractivity contribution is 6.07. The maximum atomic E-state index is 12.0. The molecule has 3 aromatic carbocycles. The number of nitrogens with two attached hydrogens (primary N) is 2. The highest BCUT2D eigenvalue weighted by Gasteiger charge is 2.14. The normalized spacial score (nSPS) is 11.5. The average Bonchev–Trinajstić information content (AvgIpc) is 2.78. The quantitative estimate of drug-likeness (QED) is 0.171. The van der Waals surface area contributed by atoms with E-state index in [0.29, 0.717) is 11.4 Å². The number of amidine groups is 1. The second kappa shape index (κ2) is 8.68. The lowest BCUT2D eigenvalue weighted by Gasteiger charge is -2.14. The van der Waals surface area contributed by atoms with Crippen molar-refractivity contribution in [2.75, 3.05) is 11.9 Å². The molecule has 4 aromatic rings. The fraction of sp³-hybridized carbons (Fsp3) is 0.0870. The number of fused-ring (bicyclic) bond motifs is 2. The Morgan fingerprint density at radius 3 is 2.65 bits per heavy atom. The molecule has 0 saturated heterocycles. The summed E-state index contributed by atoms with van der Waals surface area (Å²) in [6.45, 7) is 2.05. The molecule has 8 nitrogen and oxygen atoms in total. The van der Waals surface area contributed by atoms with Crippen LogP contribution in [0.5, 0.6) is 0 Å². The van der Waals surface area contributed by atoms with Gasteiger partial charge in [-0.05, 0) is 41.5 Å². The summed E-state index contributed by atoms with van der Waals surface area (Å²) >= 11 is 0. The topological polar surface area (TPSA) is 128 Å². The Morgan fingerprint density at radius 2 is 1.84 bits per heavy atom. The van der Waals surface area contributed by atoms with Gasteiger partial charge in [0.1, 0.15) is 5.69 Å². The van der Waals surface area contributed by atoms with Crippen molar-refractivity contribution >= 4 is 39.3 Å². The van der Waals surface area contributed by atoms with Crippen molar-refractivity contribution in [3.63, 3.8) is 0 Å². The van der Waals surface area contributed by atoms with E-state index in [4.69, 9.17) is 21.3 Å². The largest absolute Gasteiger partial charge is 0.450 e. The molecule has 4 rings (SSSR count). The van der Waals surface area contributed by atoms with Gasteiger partial charge in [0, 0.05) is 16.6 Å². The second-order valence-electron chi connectivity index (χ2n) is 6.79.